The van der Waals surface area contributed by atoms with E-state index in [1.54, 1.807) is 40.7 Å². The minimum absolute atomic E-state index is 0.0617. The van der Waals surface area contributed by atoms with E-state index in [9.17, 15) is 28.8 Å². The molecule has 3 fully saturated rings. The quantitative estimate of drug-likeness (QED) is 0.209. The van der Waals surface area contributed by atoms with Crippen molar-refractivity contribution in [3.63, 3.8) is 0 Å². The highest BCUT2D eigenvalue weighted by Crippen LogP contribution is 2.65. The summed E-state index contributed by atoms with van der Waals surface area (Å²) in [6, 6.07) is -1.45. The summed E-state index contributed by atoms with van der Waals surface area (Å²) in [5.74, 6) is -3.29. The largest absolute Gasteiger partial charge is 0.461 e. The number of carbonyl (C=O) groups is 6. The molecule has 0 spiro atoms. The predicted octanol–water partition coefficient (Wildman–Crippen LogP) is 2.02. The van der Waals surface area contributed by atoms with Crippen LogP contribution in [0.5, 0.6) is 0 Å². The van der Waals surface area contributed by atoms with Gasteiger partial charge < -0.3 is 31.0 Å². The van der Waals surface area contributed by atoms with Gasteiger partial charge in [-0.15, -0.1) is 0 Å². The Morgan fingerprint density at radius 2 is 1.72 bits per heavy atom. The maximum Gasteiger partial charge on any atom is 0.316 e. The molecule has 5 N–H and O–H groups in total. The number of piperidine rings is 1. The van der Waals surface area contributed by atoms with Gasteiger partial charge in [0, 0.05) is 6.54 Å². The van der Waals surface area contributed by atoms with Crippen molar-refractivity contribution in [2.45, 2.75) is 91.9 Å². The monoisotopic (exact) mass is 599 g/mol. The Hall–Kier alpha value is -3.70. The third kappa shape index (κ3) is 6.78. The van der Waals surface area contributed by atoms with Gasteiger partial charge in [0.25, 0.3) is 5.91 Å². The molecular weight excluding hydrogens is 554 g/mol. The van der Waals surface area contributed by atoms with Crippen LogP contribution < -0.4 is 21.7 Å². The summed E-state index contributed by atoms with van der Waals surface area (Å²) in [5.41, 5.74) is 4.32. The summed E-state index contributed by atoms with van der Waals surface area (Å²) in [4.78, 5) is 79.9. The van der Waals surface area contributed by atoms with Gasteiger partial charge in [-0.2, -0.15) is 0 Å². The van der Waals surface area contributed by atoms with E-state index in [1.807, 2.05) is 13.8 Å². The molecule has 1 saturated heterocycles. The zero-order chi connectivity index (χ0) is 32.0. The van der Waals surface area contributed by atoms with Crippen LogP contribution >= 0.6 is 0 Å². The molecule has 0 bridgehead atoms. The second-order valence-electron chi connectivity index (χ2n) is 14.3. The number of hydrogen-bond donors (Lipinski definition) is 4. The van der Waals surface area contributed by atoms with E-state index in [4.69, 9.17) is 10.2 Å². The zero-order valence-electron chi connectivity index (χ0n) is 26.1. The van der Waals surface area contributed by atoms with Crippen LogP contribution in [0, 0.1) is 34.5 Å². The molecule has 0 radical (unpaired) electrons. The van der Waals surface area contributed by atoms with Crippen molar-refractivity contribution >= 4 is 35.3 Å². The van der Waals surface area contributed by atoms with E-state index in [0.29, 0.717) is 13.0 Å². The Kier molecular flexibility index (Phi) is 8.82. The van der Waals surface area contributed by atoms with Crippen LogP contribution in [0.25, 0.3) is 0 Å². The van der Waals surface area contributed by atoms with Crippen molar-refractivity contribution < 1.29 is 33.2 Å². The second kappa shape index (κ2) is 11.8. The molecule has 2 saturated carbocycles. The van der Waals surface area contributed by atoms with Gasteiger partial charge in [0.15, 0.2) is 5.76 Å². The summed E-state index contributed by atoms with van der Waals surface area (Å²) in [5, 5.41) is 8.21. The number of Topliss-reactive ketones (excluding diaryl/α,β-unsaturated/α-hetero) is 2. The van der Waals surface area contributed by atoms with Crippen LogP contribution in [0.15, 0.2) is 22.8 Å². The molecule has 3 aliphatic rings. The molecule has 12 heteroatoms. The average molecular weight is 600 g/mol. The first-order chi connectivity index (χ1) is 19.9. The number of nitrogens with one attached hydrogen (secondary N) is 3. The van der Waals surface area contributed by atoms with Crippen molar-refractivity contribution in [3.05, 3.63) is 24.2 Å². The first kappa shape index (κ1) is 32.2. The minimum Gasteiger partial charge on any atom is -0.461 e. The first-order valence-electron chi connectivity index (χ1n) is 15.0. The van der Waals surface area contributed by atoms with Crippen molar-refractivity contribution in [1.82, 2.24) is 20.9 Å². The van der Waals surface area contributed by atoms with Crippen LogP contribution in [0.1, 0.15) is 78.3 Å². The standard InChI is InChI=1S/C31H45N5O7/c1-15(2)21(24(38)19-9-8-12-43-19)34-29(42)35-25(30(3,4)5)28(41)36-14-17-20(31(17,6)7)22(36)27(40)33-18(13-16-10-11-16)23(37)26(32)39/h8-9,12,15-18,20-22,25H,10-11,13-14H2,1-7H3,(H2,32,39)(H,33,40)(H2,34,35,42)/t17-,18?,20-,21-,22-,25+/m0/s1. The van der Waals surface area contributed by atoms with Gasteiger partial charge in [-0.1, -0.05) is 61.3 Å². The average Bonchev–Trinajstić information content (AvgIpc) is 3.60. The number of ketones is 2. The molecule has 2 aliphatic carbocycles. The summed E-state index contributed by atoms with van der Waals surface area (Å²) >= 11 is 0. The van der Waals surface area contributed by atoms with Crippen LogP contribution in [-0.4, -0.2) is 70.9 Å². The number of fused-ring (bicyclic) bond motifs is 1. The number of primary amides is 1. The maximum atomic E-state index is 14.2. The molecule has 5 amide bonds. The predicted molar refractivity (Wildman–Crippen MR) is 156 cm³/mol. The van der Waals surface area contributed by atoms with E-state index < -0.39 is 64.9 Å². The lowest BCUT2D eigenvalue weighted by atomic mass is 9.85. The fourth-order valence-electron chi connectivity index (χ4n) is 6.40. The van der Waals surface area contributed by atoms with E-state index in [-0.39, 0.29) is 34.8 Å². The topological polar surface area (TPSA) is 181 Å². The molecule has 2 heterocycles. The van der Waals surface area contributed by atoms with E-state index >= 15 is 0 Å². The molecular formula is C31H45N5O7. The highest BCUT2D eigenvalue weighted by atomic mass is 16.3. The minimum atomic E-state index is -1.11. The number of furan rings is 1. The maximum absolute atomic E-state index is 14.2. The van der Waals surface area contributed by atoms with Crippen molar-refractivity contribution in [1.29, 1.82) is 0 Å². The van der Waals surface area contributed by atoms with Gasteiger partial charge in [0.1, 0.15) is 12.1 Å². The molecule has 12 nitrogen and oxygen atoms in total. The highest BCUT2D eigenvalue weighted by molar-refractivity contribution is 6.37. The molecule has 1 unspecified atom stereocenters. The zero-order valence-corrected chi connectivity index (χ0v) is 26.1. The van der Waals surface area contributed by atoms with Gasteiger partial charge in [0.05, 0.1) is 18.3 Å². The third-order valence-electron chi connectivity index (χ3n) is 9.29. The number of likely N-dealkylation sites (tertiary alicyclic amines) is 1. The SMILES string of the molecule is CC(C)[C@H](NC(=O)N[C@H](C(=O)N1C[C@H]2[C@@H]([C@H]1C(=O)NC(CC1CC1)C(=O)C(N)=O)C2(C)C)C(C)(C)C)C(=O)c1ccco1. The van der Waals surface area contributed by atoms with E-state index in [0.717, 1.165) is 12.8 Å². The molecule has 1 aliphatic heterocycles. The number of nitrogens with two attached hydrogens (primary N) is 1. The third-order valence-corrected chi connectivity index (χ3v) is 9.29. The molecule has 4 rings (SSSR count). The van der Waals surface area contributed by atoms with Crippen molar-refractivity contribution in [2.24, 2.45) is 40.2 Å². The molecule has 1 aromatic heterocycles. The fraction of sp³-hybridized carbons (Fsp3) is 0.677. The van der Waals surface area contributed by atoms with Gasteiger partial charge in [-0.05, 0) is 53.1 Å². The lowest BCUT2D eigenvalue weighted by Gasteiger charge is -2.38. The van der Waals surface area contributed by atoms with E-state index in [2.05, 4.69) is 16.0 Å². The second-order valence-corrected chi connectivity index (χ2v) is 14.3. The number of rotatable bonds is 12. The van der Waals surface area contributed by atoms with Crippen LogP contribution in [0.4, 0.5) is 4.79 Å². The number of carbonyl (C=O) groups excluding carboxylic acids is 6. The smallest absolute Gasteiger partial charge is 0.316 e. The fourth-order valence-corrected chi connectivity index (χ4v) is 6.40. The molecule has 43 heavy (non-hydrogen) atoms. The number of amides is 5. The van der Waals surface area contributed by atoms with Crippen LogP contribution in [0.3, 0.4) is 0 Å². The van der Waals surface area contributed by atoms with Gasteiger partial charge in [-0.3, -0.25) is 24.0 Å². The molecule has 6 atom stereocenters. The summed E-state index contributed by atoms with van der Waals surface area (Å²) < 4.78 is 5.23. The summed E-state index contributed by atoms with van der Waals surface area (Å²) in [6.45, 7) is 13.4. The number of nitrogens with zero attached hydrogens (tertiary/aromatic N) is 1. The number of urea groups is 1. The van der Waals surface area contributed by atoms with Gasteiger partial charge >= 0.3 is 6.03 Å². The Morgan fingerprint density at radius 3 is 2.23 bits per heavy atom. The molecule has 0 aromatic carbocycles. The van der Waals surface area contributed by atoms with Crippen molar-refractivity contribution in [2.75, 3.05) is 6.54 Å². The molecule has 1 aromatic rings. The summed E-state index contributed by atoms with van der Waals surface area (Å²) in [7, 11) is 0. The van der Waals surface area contributed by atoms with Crippen molar-refractivity contribution in [3.8, 4) is 0 Å². The van der Waals surface area contributed by atoms with Crippen LogP contribution in [0.2, 0.25) is 0 Å². The van der Waals surface area contributed by atoms with E-state index in [1.165, 1.54) is 17.2 Å². The molecule has 236 valence electrons. The Balaban J connectivity index is 1.53. The Labute approximate surface area is 252 Å². The van der Waals surface area contributed by atoms with Gasteiger partial charge in [0.2, 0.25) is 23.4 Å². The first-order valence-corrected chi connectivity index (χ1v) is 15.0. The Morgan fingerprint density at radius 1 is 1.07 bits per heavy atom. The highest BCUT2D eigenvalue weighted by Gasteiger charge is 2.70. The van der Waals surface area contributed by atoms with Crippen LogP contribution in [-0.2, 0) is 19.2 Å². The normalized spacial score (nSPS) is 24.4. The van der Waals surface area contributed by atoms with Gasteiger partial charge in [-0.25, -0.2) is 4.79 Å². The summed E-state index contributed by atoms with van der Waals surface area (Å²) in [6.07, 6.45) is 3.53. The number of hydrogen-bond acceptors (Lipinski definition) is 7. The Bertz CT molecular complexity index is 1280. The lowest BCUT2D eigenvalue weighted by molar-refractivity contribution is -0.145. The lowest BCUT2D eigenvalue weighted by Crippen LogP contribution is -2.62.